The van der Waals surface area contributed by atoms with Gasteiger partial charge >= 0.3 is 0 Å². The molecular formula is C16H25N3NiS3. The van der Waals surface area contributed by atoms with E-state index in [9.17, 15) is 0 Å². The second kappa shape index (κ2) is 14.0. The molecule has 0 aliphatic heterocycles. The summed E-state index contributed by atoms with van der Waals surface area (Å²) < 4.78 is 1.65. The van der Waals surface area contributed by atoms with Gasteiger partial charge in [0.1, 0.15) is 4.32 Å². The van der Waals surface area contributed by atoms with Gasteiger partial charge in [-0.15, -0.1) is 0 Å². The third-order valence-corrected chi connectivity index (χ3v) is 4.56. The molecule has 1 aromatic carbocycles. The van der Waals surface area contributed by atoms with Crippen molar-refractivity contribution in [2.24, 2.45) is 0 Å². The Morgan fingerprint density at radius 3 is 2.17 bits per heavy atom. The summed E-state index contributed by atoms with van der Waals surface area (Å²) in [4.78, 5) is 6.04. The van der Waals surface area contributed by atoms with E-state index in [0.717, 1.165) is 27.7 Å². The fourth-order valence-electron chi connectivity index (χ4n) is 1.70. The van der Waals surface area contributed by atoms with Crippen molar-refractivity contribution in [3.05, 3.63) is 29.0 Å². The van der Waals surface area contributed by atoms with E-state index in [0.29, 0.717) is 4.77 Å². The summed E-state index contributed by atoms with van der Waals surface area (Å²) in [6.07, 6.45) is 4.97. The third kappa shape index (κ3) is 10.2. The summed E-state index contributed by atoms with van der Waals surface area (Å²) in [6, 6.07) is 7.92. The normalized spacial score (nSPS) is 9.65. The van der Waals surface area contributed by atoms with E-state index in [1.54, 1.807) is 11.8 Å². The van der Waals surface area contributed by atoms with Crippen LogP contribution in [0.15, 0.2) is 24.3 Å². The minimum absolute atomic E-state index is 0. The summed E-state index contributed by atoms with van der Waals surface area (Å²) in [7, 11) is 0. The van der Waals surface area contributed by atoms with Crippen molar-refractivity contribution < 1.29 is 16.5 Å². The smallest absolute Gasteiger partial charge is 0.175 e. The average Bonchev–Trinajstić information content (AvgIpc) is 2.88. The van der Waals surface area contributed by atoms with Crippen LogP contribution in [-0.4, -0.2) is 26.6 Å². The van der Waals surface area contributed by atoms with Gasteiger partial charge in [-0.05, 0) is 37.2 Å². The van der Waals surface area contributed by atoms with Crippen LogP contribution in [0, 0.1) is 4.77 Å². The van der Waals surface area contributed by atoms with E-state index >= 15 is 0 Å². The minimum Gasteiger partial charge on any atom is -0.371 e. The molecule has 0 radical (unpaired) electrons. The van der Waals surface area contributed by atoms with Crippen molar-refractivity contribution in [3.63, 3.8) is 0 Å². The van der Waals surface area contributed by atoms with Gasteiger partial charge in [-0.2, -0.15) is 0 Å². The molecule has 3 nitrogen and oxygen atoms in total. The number of thiocarbonyl (C=S) groups is 1. The number of aromatic amines is 2. The van der Waals surface area contributed by atoms with Crippen LogP contribution in [0.5, 0.6) is 0 Å². The zero-order valence-corrected chi connectivity index (χ0v) is 17.0. The molecule has 0 atom stereocenters. The minimum atomic E-state index is 0. The van der Waals surface area contributed by atoms with Crippen LogP contribution in [0.4, 0.5) is 0 Å². The molecule has 0 aliphatic carbocycles. The van der Waals surface area contributed by atoms with Crippen LogP contribution in [0.3, 0.4) is 0 Å². The molecule has 7 heteroatoms. The molecule has 1 aromatic heterocycles. The van der Waals surface area contributed by atoms with Gasteiger partial charge in [-0.3, -0.25) is 0 Å². The van der Waals surface area contributed by atoms with Crippen LogP contribution in [0.25, 0.3) is 11.0 Å². The molecular weight excluding hydrogens is 389 g/mol. The largest absolute Gasteiger partial charge is 0.371 e. The van der Waals surface area contributed by atoms with Crippen LogP contribution < -0.4 is 5.32 Å². The second-order valence-corrected chi connectivity index (χ2v) is 7.07. The number of nitrogens with one attached hydrogen (secondary N) is 3. The fourth-order valence-corrected chi connectivity index (χ4v) is 3.10. The number of H-pyrrole nitrogens is 2. The SMILES string of the molecule is CCCCNC(=S)SCCCC.S=c1[nH]c2ccccc2[nH]1.[Ni]. The molecule has 2 rings (SSSR count). The summed E-state index contributed by atoms with van der Waals surface area (Å²) in [6.45, 7) is 5.43. The van der Waals surface area contributed by atoms with Crippen molar-refractivity contribution in [1.29, 1.82) is 0 Å². The fraction of sp³-hybridized carbons (Fsp3) is 0.500. The van der Waals surface area contributed by atoms with Gasteiger partial charge in [0.15, 0.2) is 4.77 Å². The predicted octanol–water partition coefficient (Wildman–Crippen LogP) is 5.42. The summed E-state index contributed by atoms with van der Waals surface area (Å²) >= 11 is 11.8. The van der Waals surface area contributed by atoms with Gasteiger partial charge in [0.05, 0.1) is 11.0 Å². The van der Waals surface area contributed by atoms with Crippen LogP contribution >= 0.6 is 36.2 Å². The predicted molar refractivity (Wildman–Crippen MR) is 106 cm³/mol. The Bertz CT molecular complexity index is 562. The topological polar surface area (TPSA) is 43.6 Å². The molecule has 3 N–H and O–H groups in total. The maximum Gasteiger partial charge on any atom is 0.175 e. The molecule has 2 aromatic rings. The van der Waals surface area contributed by atoms with Crippen molar-refractivity contribution in [3.8, 4) is 0 Å². The Labute approximate surface area is 163 Å². The van der Waals surface area contributed by atoms with E-state index in [1.807, 2.05) is 24.3 Å². The van der Waals surface area contributed by atoms with Crippen LogP contribution in [0.1, 0.15) is 39.5 Å². The molecule has 1 heterocycles. The molecule has 0 aliphatic rings. The number of para-hydroxylation sites is 2. The first-order valence-electron chi connectivity index (χ1n) is 7.75. The Morgan fingerprint density at radius 1 is 1.09 bits per heavy atom. The van der Waals surface area contributed by atoms with Crippen molar-refractivity contribution in [2.75, 3.05) is 12.3 Å². The molecule has 0 bridgehead atoms. The van der Waals surface area contributed by atoms with Crippen molar-refractivity contribution >= 4 is 51.6 Å². The summed E-state index contributed by atoms with van der Waals surface area (Å²) in [5.74, 6) is 1.16. The monoisotopic (exact) mass is 413 g/mol. The zero-order valence-electron chi connectivity index (χ0n) is 13.6. The number of thioether (sulfide) groups is 1. The van der Waals surface area contributed by atoms with Gasteiger partial charge in [0, 0.05) is 28.8 Å². The summed E-state index contributed by atoms with van der Waals surface area (Å²) in [5, 5.41) is 3.24. The first kappa shape index (κ1) is 22.6. The number of hydrogen-bond acceptors (Lipinski definition) is 3. The zero-order chi connectivity index (χ0) is 16.2. The molecule has 132 valence electrons. The van der Waals surface area contributed by atoms with Crippen molar-refractivity contribution in [2.45, 2.75) is 39.5 Å². The van der Waals surface area contributed by atoms with Crippen LogP contribution in [-0.2, 0) is 16.5 Å². The Balaban J connectivity index is 0.000000406. The number of aromatic nitrogens is 2. The first-order valence-corrected chi connectivity index (χ1v) is 9.55. The quantitative estimate of drug-likeness (QED) is 0.336. The van der Waals surface area contributed by atoms with E-state index < -0.39 is 0 Å². The van der Waals surface area contributed by atoms with E-state index in [-0.39, 0.29) is 16.5 Å². The van der Waals surface area contributed by atoms with Gasteiger partial charge in [0.25, 0.3) is 0 Å². The number of fused-ring (bicyclic) bond motifs is 1. The molecule has 0 amide bonds. The van der Waals surface area contributed by atoms with E-state index in [4.69, 9.17) is 24.4 Å². The van der Waals surface area contributed by atoms with Crippen molar-refractivity contribution in [1.82, 2.24) is 15.3 Å². The Hall–Kier alpha value is -0.356. The molecule has 0 spiro atoms. The van der Waals surface area contributed by atoms with Gasteiger partial charge in [-0.25, -0.2) is 0 Å². The number of unbranched alkanes of at least 4 members (excludes halogenated alkanes) is 2. The maximum absolute atomic E-state index is 5.13. The van der Waals surface area contributed by atoms with Crippen LogP contribution in [0.2, 0.25) is 0 Å². The molecule has 0 saturated heterocycles. The Morgan fingerprint density at radius 2 is 1.65 bits per heavy atom. The van der Waals surface area contributed by atoms with Gasteiger partial charge in [-0.1, -0.05) is 62.8 Å². The standard InChI is InChI=1S/C9H19NS2.C7H6N2S.Ni/c1-3-5-7-10-9(11)12-8-6-4-2;10-7-8-5-3-1-2-4-6(5)9-7;/h3-8H2,1-2H3,(H,10,11);1-4H,(H2,8,9,10);. The third-order valence-electron chi connectivity index (χ3n) is 2.95. The van der Waals surface area contributed by atoms with Gasteiger partial charge in [0.2, 0.25) is 0 Å². The second-order valence-electron chi connectivity index (χ2n) is 4.89. The first-order chi connectivity index (χ1) is 10.7. The molecule has 0 saturated carbocycles. The number of rotatable bonds is 6. The number of imidazole rings is 1. The van der Waals surface area contributed by atoms with Gasteiger partial charge < -0.3 is 15.3 Å². The van der Waals surface area contributed by atoms with E-state index in [2.05, 4.69) is 29.1 Å². The average molecular weight is 414 g/mol. The molecule has 0 unspecified atom stereocenters. The van der Waals surface area contributed by atoms with E-state index in [1.165, 1.54) is 25.7 Å². The molecule has 23 heavy (non-hydrogen) atoms. The summed E-state index contributed by atoms with van der Waals surface area (Å²) in [5.41, 5.74) is 2.13. The Kier molecular flexibility index (Phi) is 13.8. The molecule has 0 fully saturated rings. The number of hydrogen-bond donors (Lipinski definition) is 3. The number of benzene rings is 1. The maximum atomic E-state index is 5.13.